The molecule has 1 aromatic heterocycles. The van der Waals surface area contributed by atoms with Crippen molar-refractivity contribution in [2.45, 2.75) is 56.7 Å². The predicted molar refractivity (Wildman–Crippen MR) is 82.6 cm³/mol. The number of amides is 2. The number of alkyl halides is 3. The molecule has 1 N–H and O–H groups in total. The molecule has 3 rings (SSSR count). The molecule has 24 heavy (non-hydrogen) atoms. The van der Waals surface area contributed by atoms with E-state index in [9.17, 15) is 18.0 Å². The van der Waals surface area contributed by atoms with E-state index in [1.807, 2.05) is 7.05 Å². The number of halogens is 3. The van der Waals surface area contributed by atoms with Crippen molar-refractivity contribution in [1.29, 1.82) is 0 Å². The Balaban J connectivity index is 1.65. The van der Waals surface area contributed by atoms with Gasteiger partial charge >= 0.3 is 12.2 Å². The fourth-order valence-corrected chi connectivity index (χ4v) is 3.73. The van der Waals surface area contributed by atoms with Crippen LogP contribution in [0.5, 0.6) is 0 Å². The van der Waals surface area contributed by atoms with Crippen molar-refractivity contribution in [3.8, 4) is 0 Å². The topological polar surface area (TPSA) is 52.2 Å². The van der Waals surface area contributed by atoms with Crippen molar-refractivity contribution < 1.29 is 18.0 Å². The molecular weight excluding hydrogens is 321 g/mol. The Morgan fingerprint density at radius 1 is 1.29 bits per heavy atom. The molecule has 1 aromatic rings. The third-order valence-corrected chi connectivity index (χ3v) is 5.15. The molecule has 5 nitrogen and oxygen atoms in total. The van der Waals surface area contributed by atoms with E-state index in [-0.39, 0.29) is 11.9 Å². The highest BCUT2D eigenvalue weighted by atomic mass is 19.4. The van der Waals surface area contributed by atoms with Crippen LogP contribution < -0.4 is 0 Å². The van der Waals surface area contributed by atoms with Crippen LogP contribution in [0.3, 0.4) is 0 Å². The Morgan fingerprint density at radius 3 is 2.62 bits per heavy atom. The van der Waals surface area contributed by atoms with Gasteiger partial charge in [0.25, 0.3) is 0 Å². The van der Waals surface area contributed by atoms with E-state index in [1.54, 1.807) is 9.80 Å². The van der Waals surface area contributed by atoms with Crippen LogP contribution in [-0.4, -0.2) is 52.0 Å². The van der Waals surface area contributed by atoms with Crippen molar-refractivity contribution in [1.82, 2.24) is 19.8 Å². The zero-order chi connectivity index (χ0) is 17.3. The van der Waals surface area contributed by atoms with Gasteiger partial charge in [-0.05, 0) is 25.7 Å². The number of nitrogens with one attached hydrogen (secondary N) is 1. The zero-order valence-electron chi connectivity index (χ0n) is 13.8. The van der Waals surface area contributed by atoms with Crippen LogP contribution in [0.2, 0.25) is 0 Å². The van der Waals surface area contributed by atoms with Gasteiger partial charge in [0, 0.05) is 32.1 Å². The number of carbonyl (C=O) groups is 1. The normalized spacial score (nSPS) is 22.8. The Bertz CT molecular complexity index is 580. The summed E-state index contributed by atoms with van der Waals surface area (Å²) in [5, 5.41) is 0. The minimum absolute atomic E-state index is 0.0193. The Labute approximate surface area is 139 Å². The summed E-state index contributed by atoms with van der Waals surface area (Å²) in [6.45, 7) is 1.07. The van der Waals surface area contributed by atoms with Crippen LogP contribution in [-0.2, 0) is 6.18 Å². The summed E-state index contributed by atoms with van der Waals surface area (Å²) < 4.78 is 38.1. The van der Waals surface area contributed by atoms with Gasteiger partial charge in [0.05, 0.1) is 6.20 Å². The summed E-state index contributed by atoms with van der Waals surface area (Å²) >= 11 is 0. The van der Waals surface area contributed by atoms with Crippen molar-refractivity contribution in [3.63, 3.8) is 0 Å². The van der Waals surface area contributed by atoms with Crippen LogP contribution in [0.25, 0.3) is 0 Å². The number of hydrogen-bond donors (Lipinski definition) is 1. The maximum absolute atomic E-state index is 12.7. The molecule has 0 radical (unpaired) electrons. The number of H-pyrrole nitrogens is 1. The molecule has 0 bridgehead atoms. The van der Waals surface area contributed by atoms with E-state index in [0.717, 1.165) is 44.7 Å². The molecule has 2 amide bonds. The minimum atomic E-state index is -4.42. The first-order valence-corrected chi connectivity index (χ1v) is 8.50. The molecular formula is C16H23F3N4O. The van der Waals surface area contributed by atoms with Gasteiger partial charge in [0.1, 0.15) is 11.5 Å². The average Bonchev–Trinajstić information content (AvgIpc) is 3.24. The molecule has 2 aliphatic rings. The van der Waals surface area contributed by atoms with Crippen LogP contribution in [0.4, 0.5) is 18.0 Å². The van der Waals surface area contributed by atoms with Gasteiger partial charge in [-0.3, -0.25) is 0 Å². The lowest BCUT2D eigenvalue weighted by atomic mass is 9.97. The number of aromatic nitrogens is 2. The summed E-state index contributed by atoms with van der Waals surface area (Å²) in [5.41, 5.74) is -0.830. The SMILES string of the molecule is CN(C(=O)N1CCC[C@H](c2ncc(C(F)(F)F)[nH]2)C1)C1CCCC1. The second-order valence-corrected chi connectivity index (χ2v) is 6.80. The summed E-state index contributed by atoms with van der Waals surface area (Å²) in [5.74, 6) is 0.152. The summed E-state index contributed by atoms with van der Waals surface area (Å²) in [6, 6.07) is 0.271. The summed E-state index contributed by atoms with van der Waals surface area (Å²) in [4.78, 5) is 22.5. The molecule has 8 heteroatoms. The number of rotatable bonds is 2. The molecule has 0 aromatic carbocycles. The van der Waals surface area contributed by atoms with Crippen LogP contribution >= 0.6 is 0 Å². The van der Waals surface area contributed by atoms with Crippen LogP contribution in [0.1, 0.15) is 56.0 Å². The average molecular weight is 344 g/mol. The van der Waals surface area contributed by atoms with Gasteiger partial charge in [-0.15, -0.1) is 0 Å². The first-order chi connectivity index (χ1) is 11.4. The highest BCUT2D eigenvalue weighted by Crippen LogP contribution is 2.31. The first-order valence-electron chi connectivity index (χ1n) is 8.50. The van der Waals surface area contributed by atoms with Crippen molar-refractivity contribution in [2.24, 2.45) is 0 Å². The Hall–Kier alpha value is -1.73. The lowest BCUT2D eigenvalue weighted by Gasteiger charge is -2.36. The maximum Gasteiger partial charge on any atom is 0.432 e. The lowest BCUT2D eigenvalue weighted by Crippen LogP contribution is -2.48. The number of nitrogens with zero attached hydrogens (tertiary/aromatic N) is 3. The smallest absolute Gasteiger partial charge is 0.338 e. The molecule has 2 fully saturated rings. The Morgan fingerprint density at radius 2 is 2.00 bits per heavy atom. The number of imidazole rings is 1. The first kappa shape index (κ1) is 17.1. The fraction of sp³-hybridized carbons (Fsp3) is 0.750. The number of hydrogen-bond acceptors (Lipinski definition) is 2. The highest BCUT2D eigenvalue weighted by Gasteiger charge is 2.35. The number of piperidine rings is 1. The van der Waals surface area contributed by atoms with Crippen LogP contribution in [0, 0.1) is 0 Å². The van der Waals surface area contributed by atoms with Crippen molar-refractivity contribution in [3.05, 3.63) is 17.7 Å². The fourth-order valence-electron chi connectivity index (χ4n) is 3.73. The highest BCUT2D eigenvalue weighted by molar-refractivity contribution is 5.74. The third kappa shape index (κ3) is 3.52. The van der Waals surface area contributed by atoms with Gasteiger partial charge in [-0.25, -0.2) is 9.78 Å². The maximum atomic E-state index is 12.7. The minimum Gasteiger partial charge on any atom is -0.338 e. The molecule has 0 unspecified atom stereocenters. The van der Waals surface area contributed by atoms with Gasteiger partial charge in [0.15, 0.2) is 0 Å². The molecule has 0 spiro atoms. The molecule has 1 saturated carbocycles. The molecule has 134 valence electrons. The standard InChI is InChI=1S/C16H23F3N4O/c1-22(12-6-2-3-7-12)15(24)23-8-4-5-11(10-23)14-20-9-13(21-14)16(17,18)19/h9,11-12H,2-8,10H2,1H3,(H,20,21)/t11-/m0/s1. The van der Waals surface area contributed by atoms with Gasteiger partial charge in [-0.1, -0.05) is 12.8 Å². The third-order valence-electron chi connectivity index (χ3n) is 5.15. The summed E-state index contributed by atoms with van der Waals surface area (Å²) in [6.07, 6.45) is 2.30. The van der Waals surface area contributed by atoms with Crippen molar-refractivity contribution in [2.75, 3.05) is 20.1 Å². The molecule has 1 aliphatic carbocycles. The lowest BCUT2D eigenvalue weighted by molar-refractivity contribution is -0.141. The summed E-state index contributed by atoms with van der Waals surface area (Å²) in [7, 11) is 1.83. The van der Waals surface area contributed by atoms with E-state index in [4.69, 9.17) is 0 Å². The van der Waals surface area contributed by atoms with Gasteiger partial charge in [-0.2, -0.15) is 13.2 Å². The number of urea groups is 1. The number of aromatic amines is 1. The molecule has 2 heterocycles. The molecule has 1 saturated heterocycles. The van der Waals surface area contributed by atoms with Gasteiger partial charge < -0.3 is 14.8 Å². The molecule has 1 atom stereocenters. The number of carbonyl (C=O) groups excluding carboxylic acids is 1. The van der Waals surface area contributed by atoms with E-state index < -0.39 is 11.9 Å². The zero-order valence-corrected chi connectivity index (χ0v) is 13.8. The van der Waals surface area contributed by atoms with Crippen molar-refractivity contribution >= 4 is 6.03 Å². The van der Waals surface area contributed by atoms with E-state index >= 15 is 0 Å². The van der Waals surface area contributed by atoms with E-state index in [1.165, 1.54) is 0 Å². The quantitative estimate of drug-likeness (QED) is 0.891. The molecule has 1 aliphatic heterocycles. The largest absolute Gasteiger partial charge is 0.432 e. The monoisotopic (exact) mass is 344 g/mol. The van der Waals surface area contributed by atoms with Crippen LogP contribution in [0.15, 0.2) is 6.20 Å². The van der Waals surface area contributed by atoms with E-state index in [2.05, 4.69) is 9.97 Å². The van der Waals surface area contributed by atoms with Gasteiger partial charge in [0.2, 0.25) is 0 Å². The number of likely N-dealkylation sites (tertiary alicyclic amines) is 1. The van der Waals surface area contributed by atoms with E-state index in [0.29, 0.717) is 25.0 Å². The Kier molecular flexibility index (Phi) is 4.73. The second-order valence-electron chi connectivity index (χ2n) is 6.80. The second kappa shape index (κ2) is 6.64. The predicted octanol–water partition coefficient (Wildman–Crippen LogP) is 3.60.